The van der Waals surface area contributed by atoms with Crippen LogP contribution in [0.2, 0.25) is 0 Å². The van der Waals surface area contributed by atoms with E-state index in [1.165, 1.54) is 24.9 Å². The molecule has 104 valence electrons. The minimum Gasteiger partial charge on any atom is -0.328 e. The van der Waals surface area contributed by atoms with Crippen LogP contribution >= 0.6 is 12.2 Å². The Morgan fingerprint density at radius 2 is 2.16 bits per heavy atom. The van der Waals surface area contributed by atoms with Gasteiger partial charge >= 0.3 is 0 Å². The van der Waals surface area contributed by atoms with Gasteiger partial charge < -0.3 is 4.98 Å². The highest BCUT2D eigenvalue weighted by molar-refractivity contribution is 7.71. The fraction of sp³-hybridized carbons (Fsp3) is 0.714. The standard InChI is InChI=1S/C14H22N4S/c1-4-6-9-8-11(9)18-13-12(15-14(18)19)10(7-5-2)16-17(13)3/h9,11H,4-8H2,1-3H3,(H,15,19). The molecule has 3 rings (SSSR count). The third-order valence-corrected chi connectivity index (χ3v) is 4.43. The second kappa shape index (κ2) is 4.78. The summed E-state index contributed by atoms with van der Waals surface area (Å²) < 4.78 is 5.16. The Balaban J connectivity index is 2.05. The van der Waals surface area contributed by atoms with Gasteiger partial charge in [0.1, 0.15) is 5.52 Å². The number of fused-ring (bicyclic) bond motifs is 1. The molecule has 1 N–H and O–H groups in total. The Hall–Kier alpha value is -1.10. The summed E-state index contributed by atoms with van der Waals surface area (Å²) in [5.74, 6) is 0.806. The smallest absolute Gasteiger partial charge is 0.179 e. The molecule has 0 saturated heterocycles. The van der Waals surface area contributed by atoms with Crippen molar-refractivity contribution in [1.82, 2.24) is 19.3 Å². The van der Waals surface area contributed by atoms with Crippen molar-refractivity contribution >= 4 is 23.4 Å². The molecule has 1 aliphatic carbocycles. The number of nitrogens with one attached hydrogen (secondary N) is 1. The van der Waals surface area contributed by atoms with Crippen LogP contribution < -0.4 is 0 Å². The summed E-state index contributed by atoms with van der Waals surface area (Å²) >= 11 is 5.53. The van der Waals surface area contributed by atoms with Crippen LogP contribution in [0.1, 0.15) is 51.3 Å². The summed E-state index contributed by atoms with van der Waals surface area (Å²) in [6, 6.07) is 0.589. The number of H-pyrrole nitrogens is 1. The van der Waals surface area contributed by atoms with Crippen molar-refractivity contribution in [3.8, 4) is 0 Å². The van der Waals surface area contributed by atoms with Gasteiger partial charge in [0.25, 0.3) is 0 Å². The van der Waals surface area contributed by atoms with Crippen LogP contribution in [0.25, 0.3) is 11.2 Å². The Morgan fingerprint density at radius 3 is 2.84 bits per heavy atom. The van der Waals surface area contributed by atoms with Crippen LogP contribution in [0.3, 0.4) is 0 Å². The number of rotatable bonds is 5. The van der Waals surface area contributed by atoms with Crippen LogP contribution in [0.15, 0.2) is 0 Å². The summed E-state index contributed by atoms with van der Waals surface area (Å²) in [5.41, 5.74) is 3.48. The van der Waals surface area contributed by atoms with Gasteiger partial charge in [0.05, 0.1) is 5.69 Å². The van der Waals surface area contributed by atoms with E-state index in [2.05, 4.69) is 28.5 Å². The summed E-state index contributed by atoms with van der Waals surface area (Å²) in [6.45, 7) is 4.44. The molecular weight excluding hydrogens is 256 g/mol. The molecule has 1 saturated carbocycles. The maximum atomic E-state index is 5.53. The Kier molecular flexibility index (Phi) is 3.25. The topological polar surface area (TPSA) is 38.5 Å². The van der Waals surface area contributed by atoms with Gasteiger partial charge in [-0.2, -0.15) is 5.10 Å². The fourth-order valence-electron chi connectivity index (χ4n) is 3.19. The lowest BCUT2D eigenvalue weighted by molar-refractivity contribution is 0.599. The van der Waals surface area contributed by atoms with Crippen molar-refractivity contribution in [2.24, 2.45) is 13.0 Å². The van der Waals surface area contributed by atoms with Crippen LogP contribution in [-0.4, -0.2) is 19.3 Å². The van der Waals surface area contributed by atoms with Gasteiger partial charge in [0, 0.05) is 13.1 Å². The Bertz CT molecular complexity index is 648. The molecule has 5 heteroatoms. The first-order valence-electron chi connectivity index (χ1n) is 7.33. The molecule has 0 spiro atoms. The van der Waals surface area contributed by atoms with Gasteiger partial charge in [-0.15, -0.1) is 0 Å². The molecule has 0 aliphatic heterocycles. The lowest BCUT2D eigenvalue weighted by atomic mass is 10.2. The molecule has 2 unspecified atom stereocenters. The molecule has 2 atom stereocenters. The predicted molar refractivity (Wildman–Crippen MR) is 79.9 cm³/mol. The van der Waals surface area contributed by atoms with Crippen molar-refractivity contribution in [1.29, 1.82) is 0 Å². The van der Waals surface area contributed by atoms with E-state index < -0.39 is 0 Å². The third-order valence-electron chi connectivity index (χ3n) is 4.13. The largest absolute Gasteiger partial charge is 0.328 e. The second-order valence-electron chi connectivity index (χ2n) is 5.67. The second-order valence-corrected chi connectivity index (χ2v) is 6.06. The first-order chi connectivity index (χ1) is 9.17. The maximum Gasteiger partial charge on any atom is 0.179 e. The molecule has 0 bridgehead atoms. The zero-order valence-electron chi connectivity index (χ0n) is 11.9. The Labute approximate surface area is 118 Å². The zero-order valence-corrected chi connectivity index (χ0v) is 12.8. The minimum absolute atomic E-state index is 0.589. The van der Waals surface area contributed by atoms with E-state index in [1.807, 2.05) is 11.7 Å². The SMILES string of the molecule is CCCc1nn(C)c2c1[nH]c(=S)n2C1CC1CCC. The van der Waals surface area contributed by atoms with Crippen LogP contribution in [0, 0.1) is 10.7 Å². The van der Waals surface area contributed by atoms with Crippen LogP contribution in [0.5, 0.6) is 0 Å². The molecule has 0 aromatic carbocycles. The summed E-state index contributed by atoms with van der Waals surface area (Å²) in [4.78, 5) is 3.38. The molecule has 2 heterocycles. The molecule has 2 aromatic heterocycles. The normalized spacial score (nSPS) is 22.3. The molecule has 1 aliphatic rings. The fourth-order valence-corrected chi connectivity index (χ4v) is 3.51. The van der Waals surface area contributed by atoms with Gasteiger partial charge in [0.2, 0.25) is 0 Å². The van der Waals surface area contributed by atoms with Crippen molar-refractivity contribution in [3.63, 3.8) is 0 Å². The van der Waals surface area contributed by atoms with Gasteiger partial charge in [-0.1, -0.05) is 26.7 Å². The molecule has 4 nitrogen and oxygen atoms in total. The number of aryl methyl sites for hydroxylation is 2. The highest BCUT2D eigenvalue weighted by Crippen LogP contribution is 2.47. The summed E-state index contributed by atoms with van der Waals surface area (Å²) in [5, 5.41) is 4.64. The van der Waals surface area contributed by atoms with Crippen LogP contribution in [-0.2, 0) is 13.5 Å². The van der Waals surface area contributed by atoms with Crippen molar-refractivity contribution in [2.75, 3.05) is 0 Å². The van der Waals surface area contributed by atoms with Gasteiger partial charge in [-0.05, 0) is 37.4 Å². The lowest BCUT2D eigenvalue weighted by Crippen LogP contribution is -2.02. The monoisotopic (exact) mass is 278 g/mol. The first-order valence-corrected chi connectivity index (χ1v) is 7.74. The average Bonchev–Trinajstić information content (AvgIpc) is 2.93. The predicted octanol–water partition coefficient (Wildman–Crippen LogP) is 3.75. The number of imidazole rings is 1. The maximum absolute atomic E-state index is 5.53. The van der Waals surface area contributed by atoms with Gasteiger partial charge in [0.15, 0.2) is 10.4 Å². The molecule has 1 fully saturated rings. The molecule has 2 aromatic rings. The highest BCUT2D eigenvalue weighted by Gasteiger charge is 2.39. The number of hydrogen-bond donors (Lipinski definition) is 1. The number of aromatic amines is 1. The van der Waals surface area contributed by atoms with E-state index >= 15 is 0 Å². The van der Waals surface area contributed by atoms with E-state index in [0.29, 0.717) is 6.04 Å². The van der Waals surface area contributed by atoms with E-state index in [1.54, 1.807) is 0 Å². The highest BCUT2D eigenvalue weighted by atomic mass is 32.1. The average molecular weight is 278 g/mol. The quantitative estimate of drug-likeness (QED) is 0.846. The molecule has 0 radical (unpaired) electrons. The van der Waals surface area contributed by atoms with Gasteiger partial charge in [-0.3, -0.25) is 9.25 Å². The molecule has 0 amide bonds. The van der Waals surface area contributed by atoms with E-state index in [0.717, 1.165) is 34.7 Å². The van der Waals surface area contributed by atoms with Crippen LogP contribution in [0.4, 0.5) is 0 Å². The minimum atomic E-state index is 0.589. The van der Waals surface area contributed by atoms with E-state index in [-0.39, 0.29) is 0 Å². The van der Waals surface area contributed by atoms with Crippen molar-refractivity contribution in [3.05, 3.63) is 10.5 Å². The number of hydrogen-bond acceptors (Lipinski definition) is 2. The van der Waals surface area contributed by atoms with Gasteiger partial charge in [-0.25, -0.2) is 0 Å². The number of nitrogens with zero attached hydrogens (tertiary/aromatic N) is 3. The summed E-state index contributed by atoms with van der Waals surface area (Å²) in [7, 11) is 2.03. The molecule has 19 heavy (non-hydrogen) atoms. The van der Waals surface area contributed by atoms with E-state index in [4.69, 9.17) is 12.2 Å². The number of aromatic nitrogens is 4. The molecular formula is C14H22N4S. The van der Waals surface area contributed by atoms with Crippen molar-refractivity contribution in [2.45, 2.75) is 52.0 Å². The van der Waals surface area contributed by atoms with E-state index in [9.17, 15) is 0 Å². The summed E-state index contributed by atoms with van der Waals surface area (Å²) in [6.07, 6.45) is 5.95. The first kappa shape index (κ1) is 12.9. The third kappa shape index (κ3) is 2.04. The Morgan fingerprint density at radius 1 is 1.37 bits per heavy atom. The lowest BCUT2D eigenvalue weighted by Gasteiger charge is -2.03. The zero-order chi connectivity index (χ0) is 13.6. The van der Waals surface area contributed by atoms with Crippen molar-refractivity contribution < 1.29 is 0 Å².